The molecule has 0 saturated carbocycles. The molecule has 0 aromatic heterocycles. The molecule has 2 rings (SSSR count). The van der Waals surface area contributed by atoms with Crippen LogP contribution in [0.4, 0.5) is 5.69 Å². The predicted molar refractivity (Wildman–Crippen MR) is 76.0 cm³/mol. The minimum absolute atomic E-state index is 0.110. The van der Waals surface area contributed by atoms with Crippen molar-refractivity contribution in [2.45, 2.75) is 4.90 Å². The van der Waals surface area contributed by atoms with E-state index in [9.17, 15) is 8.42 Å². The van der Waals surface area contributed by atoms with Gasteiger partial charge in [-0.3, -0.25) is 4.55 Å². The van der Waals surface area contributed by atoms with Crippen molar-refractivity contribution in [3.63, 3.8) is 0 Å². The zero-order valence-corrected chi connectivity index (χ0v) is 10.8. The van der Waals surface area contributed by atoms with E-state index in [1.807, 2.05) is 12.1 Å². The highest BCUT2D eigenvalue weighted by Crippen LogP contribution is 2.18. The van der Waals surface area contributed by atoms with Crippen LogP contribution in [-0.4, -0.2) is 13.0 Å². The lowest BCUT2D eigenvalue weighted by molar-refractivity contribution is 0.483. The first-order chi connectivity index (χ1) is 8.97. The summed E-state index contributed by atoms with van der Waals surface area (Å²) in [6, 6.07) is 13.4. The zero-order valence-electron chi connectivity index (χ0n) is 10.0. The van der Waals surface area contributed by atoms with Gasteiger partial charge >= 0.3 is 0 Å². The summed E-state index contributed by atoms with van der Waals surface area (Å²) < 4.78 is 31.6. The maximum Gasteiger partial charge on any atom is 0.295 e. The molecule has 98 valence electrons. The minimum atomic E-state index is -4.22. The Morgan fingerprint density at radius 1 is 0.947 bits per heavy atom. The molecule has 0 radical (unpaired) electrons. The highest BCUT2D eigenvalue weighted by Gasteiger charge is 2.12. The fourth-order valence-electron chi connectivity index (χ4n) is 1.65. The number of anilines is 1. The Morgan fingerprint density at radius 3 is 2.21 bits per heavy atom. The lowest BCUT2D eigenvalue weighted by Gasteiger charge is -2.02. The Hall–Kier alpha value is -2.11. The molecule has 2 aromatic carbocycles. The van der Waals surface area contributed by atoms with Gasteiger partial charge < -0.3 is 5.73 Å². The van der Waals surface area contributed by atoms with Gasteiger partial charge in [-0.15, -0.1) is 0 Å². The molecule has 0 aliphatic rings. The van der Waals surface area contributed by atoms with E-state index < -0.39 is 10.1 Å². The molecule has 0 spiro atoms. The second-order valence-corrected chi connectivity index (χ2v) is 5.40. The maximum absolute atomic E-state index is 11.2. The zero-order chi connectivity index (χ0) is 13.9. The second-order valence-electron chi connectivity index (χ2n) is 4.01. The van der Waals surface area contributed by atoms with E-state index in [2.05, 4.69) is 0 Å². The first-order valence-electron chi connectivity index (χ1n) is 5.57. The summed E-state index contributed by atoms with van der Waals surface area (Å²) in [5.41, 5.74) is 7.56. The van der Waals surface area contributed by atoms with Gasteiger partial charge in [-0.05, 0) is 29.3 Å². The summed E-state index contributed by atoms with van der Waals surface area (Å²) in [6.07, 6.45) is 3.39. The molecule has 0 aliphatic carbocycles. The van der Waals surface area contributed by atoms with E-state index in [1.165, 1.54) is 6.07 Å². The van der Waals surface area contributed by atoms with Crippen molar-refractivity contribution in [2.75, 3.05) is 5.73 Å². The molecule has 0 heterocycles. The third-order valence-corrected chi connectivity index (χ3v) is 3.52. The van der Waals surface area contributed by atoms with Crippen LogP contribution >= 0.6 is 0 Å². The fraction of sp³-hybridized carbons (Fsp3) is 0. The summed E-state index contributed by atoms with van der Waals surface area (Å²) in [6.45, 7) is 0. The lowest BCUT2D eigenvalue weighted by Crippen LogP contribution is -2.00. The van der Waals surface area contributed by atoms with Gasteiger partial charge in [-0.25, -0.2) is 0 Å². The average molecular weight is 275 g/mol. The normalized spacial score (nSPS) is 11.8. The standard InChI is InChI=1S/C14H13NO3S/c15-13-9-6-11(7-10-13)5-8-12-3-1-2-4-14(12)19(16,17)18/h1-10H,15H2,(H,16,17,18)/b8-5-. The molecule has 0 amide bonds. The van der Waals surface area contributed by atoms with Gasteiger partial charge in [0.2, 0.25) is 0 Å². The molecule has 4 nitrogen and oxygen atoms in total. The molecule has 0 saturated heterocycles. The Bertz CT molecular complexity index is 704. The molecule has 19 heavy (non-hydrogen) atoms. The van der Waals surface area contributed by atoms with Crippen molar-refractivity contribution in [1.29, 1.82) is 0 Å². The highest BCUT2D eigenvalue weighted by molar-refractivity contribution is 7.85. The van der Waals surface area contributed by atoms with E-state index in [-0.39, 0.29) is 4.90 Å². The number of hydrogen-bond donors (Lipinski definition) is 2. The third kappa shape index (κ3) is 3.43. The van der Waals surface area contributed by atoms with Crippen molar-refractivity contribution in [3.05, 3.63) is 59.7 Å². The summed E-state index contributed by atoms with van der Waals surface area (Å²) in [5, 5.41) is 0. The quantitative estimate of drug-likeness (QED) is 0.512. The van der Waals surface area contributed by atoms with E-state index >= 15 is 0 Å². The van der Waals surface area contributed by atoms with Crippen LogP contribution in [0.25, 0.3) is 12.2 Å². The van der Waals surface area contributed by atoms with Crippen LogP contribution in [0, 0.1) is 0 Å². The van der Waals surface area contributed by atoms with Crippen molar-refractivity contribution >= 4 is 28.0 Å². The molecule has 0 unspecified atom stereocenters. The van der Waals surface area contributed by atoms with Crippen LogP contribution in [0.2, 0.25) is 0 Å². The van der Waals surface area contributed by atoms with Crippen molar-refractivity contribution in [3.8, 4) is 0 Å². The molecule has 0 aliphatic heterocycles. The fourth-order valence-corrected chi connectivity index (χ4v) is 2.33. The molecule has 3 N–H and O–H groups in total. The minimum Gasteiger partial charge on any atom is -0.399 e. The predicted octanol–water partition coefficient (Wildman–Crippen LogP) is 2.69. The first-order valence-corrected chi connectivity index (χ1v) is 7.01. The largest absolute Gasteiger partial charge is 0.399 e. The molecule has 5 heteroatoms. The molecular weight excluding hydrogens is 262 g/mol. The molecule has 2 aromatic rings. The SMILES string of the molecule is Nc1ccc(/C=C\c2ccccc2S(=O)(=O)O)cc1. The number of hydrogen-bond acceptors (Lipinski definition) is 3. The van der Waals surface area contributed by atoms with Crippen LogP contribution in [0.1, 0.15) is 11.1 Å². The van der Waals surface area contributed by atoms with Crippen LogP contribution in [-0.2, 0) is 10.1 Å². The van der Waals surface area contributed by atoms with E-state index in [0.717, 1.165) is 5.56 Å². The van der Waals surface area contributed by atoms with Crippen molar-refractivity contribution < 1.29 is 13.0 Å². The monoisotopic (exact) mass is 275 g/mol. The van der Waals surface area contributed by atoms with Gasteiger partial charge in [0.05, 0.1) is 0 Å². The van der Waals surface area contributed by atoms with Crippen LogP contribution in [0.3, 0.4) is 0 Å². The summed E-state index contributed by atoms with van der Waals surface area (Å²) in [4.78, 5) is -0.110. The third-order valence-electron chi connectivity index (χ3n) is 2.59. The van der Waals surface area contributed by atoms with E-state index in [0.29, 0.717) is 11.3 Å². The maximum atomic E-state index is 11.2. The number of benzene rings is 2. The smallest absolute Gasteiger partial charge is 0.295 e. The van der Waals surface area contributed by atoms with Gasteiger partial charge in [0.15, 0.2) is 0 Å². The Kier molecular flexibility index (Phi) is 3.69. The van der Waals surface area contributed by atoms with Gasteiger partial charge in [-0.2, -0.15) is 8.42 Å². The second kappa shape index (κ2) is 5.26. The van der Waals surface area contributed by atoms with E-state index in [1.54, 1.807) is 42.5 Å². The Balaban J connectivity index is 2.36. The van der Waals surface area contributed by atoms with Gasteiger partial charge in [0.1, 0.15) is 4.90 Å². The molecule has 0 bridgehead atoms. The van der Waals surface area contributed by atoms with Gasteiger partial charge in [-0.1, -0.05) is 42.5 Å². The summed E-state index contributed by atoms with van der Waals surface area (Å²) in [7, 11) is -4.22. The van der Waals surface area contributed by atoms with Crippen LogP contribution in [0.15, 0.2) is 53.4 Å². The van der Waals surface area contributed by atoms with E-state index in [4.69, 9.17) is 10.3 Å². The number of nitrogen functional groups attached to an aromatic ring is 1. The molecule has 0 fully saturated rings. The van der Waals surface area contributed by atoms with Crippen molar-refractivity contribution in [1.82, 2.24) is 0 Å². The Labute approximate surface area is 111 Å². The average Bonchev–Trinajstić information content (AvgIpc) is 2.37. The first kappa shape index (κ1) is 13.3. The van der Waals surface area contributed by atoms with Crippen LogP contribution < -0.4 is 5.73 Å². The van der Waals surface area contributed by atoms with Gasteiger partial charge in [0.25, 0.3) is 10.1 Å². The Morgan fingerprint density at radius 2 is 1.58 bits per heavy atom. The number of nitrogens with two attached hydrogens (primary N) is 1. The topological polar surface area (TPSA) is 80.4 Å². The van der Waals surface area contributed by atoms with Crippen LogP contribution in [0.5, 0.6) is 0 Å². The summed E-state index contributed by atoms with van der Waals surface area (Å²) in [5.74, 6) is 0. The summed E-state index contributed by atoms with van der Waals surface area (Å²) >= 11 is 0. The highest BCUT2D eigenvalue weighted by atomic mass is 32.2. The van der Waals surface area contributed by atoms with Crippen molar-refractivity contribution in [2.24, 2.45) is 0 Å². The van der Waals surface area contributed by atoms with Gasteiger partial charge in [0, 0.05) is 5.69 Å². The molecule has 0 atom stereocenters. The lowest BCUT2D eigenvalue weighted by atomic mass is 10.1. The molecular formula is C14H13NO3S. The number of rotatable bonds is 3.